The predicted molar refractivity (Wildman–Crippen MR) is 67.5 cm³/mol. The molecule has 0 aliphatic heterocycles. The first-order valence-electron chi connectivity index (χ1n) is 5.19. The van der Waals surface area contributed by atoms with Crippen molar-refractivity contribution in [3.8, 4) is 0 Å². The van der Waals surface area contributed by atoms with E-state index < -0.39 is 0 Å². The summed E-state index contributed by atoms with van der Waals surface area (Å²) in [7, 11) is 0. The van der Waals surface area contributed by atoms with Gasteiger partial charge in [-0.25, -0.2) is 4.39 Å². The molecule has 0 fully saturated rings. The molecule has 1 aromatic carbocycles. The van der Waals surface area contributed by atoms with Crippen LogP contribution in [0.15, 0.2) is 41.7 Å². The highest BCUT2D eigenvalue weighted by atomic mass is 35.5. The van der Waals surface area contributed by atoms with Crippen LogP contribution in [-0.4, -0.2) is 15.6 Å². The molecule has 0 radical (unpaired) electrons. The van der Waals surface area contributed by atoms with Gasteiger partial charge >= 0.3 is 0 Å². The van der Waals surface area contributed by atoms with Crippen LogP contribution in [0.4, 0.5) is 4.39 Å². The molecule has 94 valence electrons. The summed E-state index contributed by atoms with van der Waals surface area (Å²) in [6.45, 7) is 0.414. The minimum absolute atomic E-state index is 0.0123. The lowest BCUT2D eigenvalue weighted by Gasteiger charge is -2.09. The topological polar surface area (TPSA) is 63.5 Å². The molecule has 0 atom stereocenters. The van der Waals surface area contributed by atoms with Gasteiger partial charge < -0.3 is 15.5 Å². The summed E-state index contributed by atoms with van der Waals surface area (Å²) < 4.78 is 14.7. The van der Waals surface area contributed by atoms with Gasteiger partial charge in [0.2, 0.25) is 0 Å². The van der Waals surface area contributed by atoms with Crippen molar-refractivity contribution in [1.82, 2.24) is 4.57 Å². The van der Waals surface area contributed by atoms with Crippen molar-refractivity contribution in [2.75, 3.05) is 0 Å². The Morgan fingerprint density at radius 2 is 2.22 bits per heavy atom. The third-order valence-corrected chi connectivity index (χ3v) is 2.91. The largest absolute Gasteiger partial charge is 0.409 e. The molecular formula is C12H11ClFN3O. The maximum absolute atomic E-state index is 12.9. The van der Waals surface area contributed by atoms with E-state index in [1.807, 2.05) is 0 Å². The molecule has 0 spiro atoms. The Morgan fingerprint density at radius 1 is 1.44 bits per heavy atom. The molecule has 3 N–H and O–H groups in total. The van der Waals surface area contributed by atoms with Crippen molar-refractivity contribution in [3.63, 3.8) is 0 Å². The van der Waals surface area contributed by atoms with Crippen molar-refractivity contribution in [2.45, 2.75) is 6.54 Å². The monoisotopic (exact) mass is 267 g/mol. The molecule has 0 aliphatic rings. The number of oxime groups is 1. The maximum atomic E-state index is 12.9. The van der Waals surface area contributed by atoms with Crippen LogP contribution in [0.25, 0.3) is 0 Å². The number of nitrogens with zero attached hydrogens (tertiary/aromatic N) is 2. The summed E-state index contributed by atoms with van der Waals surface area (Å²) in [5, 5.41) is 12.0. The summed E-state index contributed by atoms with van der Waals surface area (Å²) in [6, 6.07) is 7.68. The first-order chi connectivity index (χ1) is 8.61. The quantitative estimate of drug-likeness (QED) is 0.388. The predicted octanol–water partition coefficient (Wildman–Crippen LogP) is 2.42. The molecular weight excluding hydrogens is 257 g/mol. The fourth-order valence-corrected chi connectivity index (χ4v) is 1.90. The van der Waals surface area contributed by atoms with Crippen LogP contribution in [0.1, 0.15) is 11.3 Å². The number of aromatic nitrogens is 1. The minimum Gasteiger partial charge on any atom is -0.409 e. The number of halogens is 2. The van der Waals surface area contributed by atoms with E-state index in [1.54, 1.807) is 29.0 Å². The molecule has 0 unspecified atom stereocenters. The lowest BCUT2D eigenvalue weighted by atomic mass is 10.2. The van der Waals surface area contributed by atoms with Crippen LogP contribution in [0, 0.1) is 5.82 Å². The molecule has 1 heterocycles. The second-order valence-corrected chi connectivity index (χ2v) is 4.15. The van der Waals surface area contributed by atoms with Crippen molar-refractivity contribution in [1.29, 1.82) is 0 Å². The lowest BCUT2D eigenvalue weighted by Crippen LogP contribution is -2.18. The SMILES string of the molecule is N/C(=N/O)c1cccn1Cc1ccc(F)cc1Cl. The highest BCUT2D eigenvalue weighted by Gasteiger charge is 2.08. The van der Waals surface area contributed by atoms with Gasteiger partial charge in [0.25, 0.3) is 0 Å². The molecule has 6 heteroatoms. The third kappa shape index (κ3) is 2.46. The van der Waals surface area contributed by atoms with E-state index in [-0.39, 0.29) is 11.7 Å². The smallest absolute Gasteiger partial charge is 0.186 e. The number of benzene rings is 1. The van der Waals surface area contributed by atoms with Crippen molar-refractivity contribution in [2.24, 2.45) is 10.9 Å². The summed E-state index contributed by atoms with van der Waals surface area (Å²) >= 11 is 5.95. The molecule has 0 saturated carbocycles. The fourth-order valence-electron chi connectivity index (χ4n) is 1.67. The van der Waals surface area contributed by atoms with Gasteiger partial charge in [0, 0.05) is 17.8 Å². The molecule has 2 rings (SSSR count). The van der Waals surface area contributed by atoms with Gasteiger partial charge in [0.05, 0.1) is 5.69 Å². The summed E-state index contributed by atoms with van der Waals surface area (Å²) in [5.41, 5.74) is 6.86. The second kappa shape index (κ2) is 5.10. The van der Waals surface area contributed by atoms with Gasteiger partial charge in [-0.15, -0.1) is 0 Å². The number of hydrogen-bond donors (Lipinski definition) is 2. The summed E-state index contributed by atoms with van der Waals surface area (Å²) in [5.74, 6) is -0.369. The molecule has 0 amide bonds. The van der Waals surface area contributed by atoms with Crippen LogP contribution < -0.4 is 5.73 Å². The molecule has 1 aromatic heterocycles. The maximum Gasteiger partial charge on any atom is 0.186 e. The summed E-state index contributed by atoms with van der Waals surface area (Å²) in [4.78, 5) is 0. The highest BCUT2D eigenvalue weighted by Crippen LogP contribution is 2.19. The fraction of sp³-hybridized carbons (Fsp3) is 0.0833. The molecule has 4 nitrogen and oxygen atoms in total. The van der Waals surface area contributed by atoms with Gasteiger partial charge in [0.1, 0.15) is 5.82 Å². The number of hydrogen-bond acceptors (Lipinski definition) is 2. The Kier molecular flexibility index (Phi) is 3.53. The van der Waals surface area contributed by atoms with Crippen LogP contribution in [0.3, 0.4) is 0 Å². The van der Waals surface area contributed by atoms with Gasteiger partial charge in [-0.3, -0.25) is 0 Å². The lowest BCUT2D eigenvalue weighted by molar-refractivity contribution is 0.318. The average molecular weight is 268 g/mol. The average Bonchev–Trinajstić information content (AvgIpc) is 2.80. The third-order valence-electron chi connectivity index (χ3n) is 2.56. The first-order valence-corrected chi connectivity index (χ1v) is 5.56. The normalized spacial score (nSPS) is 11.8. The van der Waals surface area contributed by atoms with Gasteiger partial charge in [0.15, 0.2) is 5.84 Å². The zero-order valence-corrected chi connectivity index (χ0v) is 10.1. The molecule has 0 bridgehead atoms. The Morgan fingerprint density at radius 3 is 2.89 bits per heavy atom. The molecule has 18 heavy (non-hydrogen) atoms. The van der Waals surface area contributed by atoms with Crippen LogP contribution in [0.5, 0.6) is 0 Å². The Labute approximate surface area is 108 Å². The molecule has 2 aromatic rings. The van der Waals surface area contributed by atoms with E-state index in [9.17, 15) is 4.39 Å². The zero-order chi connectivity index (χ0) is 13.1. The molecule has 0 aliphatic carbocycles. The van der Waals surface area contributed by atoms with Gasteiger partial charge in [-0.2, -0.15) is 0 Å². The van der Waals surface area contributed by atoms with E-state index in [0.717, 1.165) is 5.56 Å². The number of nitrogens with two attached hydrogens (primary N) is 1. The Balaban J connectivity index is 2.32. The Bertz CT molecular complexity index is 595. The van der Waals surface area contributed by atoms with Crippen LogP contribution in [0.2, 0.25) is 5.02 Å². The number of amidine groups is 1. The zero-order valence-electron chi connectivity index (χ0n) is 9.35. The van der Waals surface area contributed by atoms with E-state index in [2.05, 4.69) is 5.16 Å². The first kappa shape index (κ1) is 12.4. The Hall–Kier alpha value is -2.01. The van der Waals surface area contributed by atoms with Crippen molar-refractivity contribution < 1.29 is 9.60 Å². The van der Waals surface area contributed by atoms with Crippen LogP contribution in [-0.2, 0) is 6.54 Å². The van der Waals surface area contributed by atoms with E-state index >= 15 is 0 Å². The summed E-state index contributed by atoms with van der Waals surface area (Å²) in [6.07, 6.45) is 1.77. The van der Waals surface area contributed by atoms with Crippen molar-refractivity contribution >= 4 is 17.4 Å². The van der Waals surface area contributed by atoms with Crippen molar-refractivity contribution in [3.05, 3.63) is 58.6 Å². The number of rotatable bonds is 3. The van der Waals surface area contributed by atoms with Gasteiger partial charge in [-0.1, -0.05) is 22.8 Å². The molecule has 0 saturated heterocycles. The van der Waals surface area contributed by atoms with E-state index in [0.29, 0.717) is 17.3 Å². The standard InChI is InChI=1S/C12H11ClFN3O/c13-10-6-9(14)4-3-8(10)7-17-5-1-2-11(17)12(15)16-18/h1-6,18H,7H2,(H2,15,16). The van der Waals surface area contributed by atoms with Crippen LogP contribution >= 0.6 is 11.6 Å². The van der Waals surface area contributed by atoms with E-state index in [4.69, 9.17) is 22.5 Å². The van der Waals surface area contributed by atoms with Gasteiger partial charge in [-0.05, 0) is 29.8 Å². The van der Waals surface area contributed by atoms with E-state index in [1.165, 1.54) is 12.1 Å². The minimum atomic E-state index is -0.382. The second-order valence-electron chi connectivity index (χ2n) is 3.74. The highest BCUT2D eigenvalue weighted by molar-refractivity contribution is 6.31.